The SMILES string of the molecule is Cc1nn2c3c(nc2s1)CCN(C(C)C)C3. The average molecular weight is 236 g/mol. The molecule has 0 spiro atoms. The number of aromatic nitrogens is 3. The van der Waals surface area contributed by atoms with Gasteiger partial charge in [-0.2, -0.15) is 5.10 Å². The summed E-state index contributed by atoms with van der Waals surface area (Å²) in [5, 5.41) is 5.62. The molecular weight excluding hydrogens is 220 g/mol. The molecule has 5 heteroatoms. The van der Waals surface area contributed by atoms with Crippen LogP contribution in [0.25, 0.3) is 4.96 Å². The average Bonchev–Trinajstić information content (AvgIpc) is 2.72. The topological polar surface area (TPSA) is 33.4 Å². The zero-order chi connectivity index (χ0) is 11.3. The molecule has 1 aliphatic heterocycles. The highest BCUT2D eigenvalue weighted by Crippen LogP contribution is 2.24. The standard InChI is InChI=1S/C11H16N4S/c1-7(2)14-5-4-9-10(6-14)15-11(12-9)16-8(3)13-15/h7H,4-6H2,1-3H3. The van der Waals surface area contributed by atoms with Gasteiger partial charge in [-0.15, -0.1) is 0 Å². The third kappa shape index (κ3) is 1.46. The number of hydrogen-bond donors (Lipinski definition) is 0. The summed E-state index contributed by atoms with van der Waals surface area (Å²) in [6, 6.07) is 0.596. The van der Waals surface area contributed by atoms with Crippen LogP contribution in [0.4, 0.5) is 0 Å². The molecule has 0 aromatic carbocycles. The van der Waals surface area contributed by atoms with Crippen molar-refractivity contribution >= 4 is 16.3 Å². The van der Waals surface area contributed by atoms with E-state index in [1.165, 1.54) is 11.4 Å². The van der Waals surface area contributed by atoms with Gasteiger partial charge in [-0.05, 0) is 20.8 Å². The molecule has 0 amide bonds. The maximum atomic E-state index is 4.66. The van der Waals surface area contributed by atoms with E-state index in [1.54, 1.807) is 11.3 Å². The minimum absolute atomic E-state index is 0.596. The first-order valence-corrected chi connectivity index (χ1v) is 6.55. The van der Waals surface area contributed by atoms with Crippen LogP contribution in [0.3, 0.4) is 0 Å². The van der Waals surface area contributed by atoms with Crippen LogP contribution in [-0.2, 0) is 13.0 Å². The van der Waals surface area contributed by atoms with Gasteiger partial charge in [-0.1, -0.05) is 11.3 Å². The predicted octanol–water partition coefficient (Wildman–Crippen LogP) is 1.87. The van der Waals surface area contributed by atoms with E-state index < -0.39 is 0 Å². The molecule has 1 aliphatic rings. The summed E-state index contributed by atoms with van der Waals surface area (Å²) in [6.45, 7) is 8.63. The highest BCUT2D eigenvalue weighted by molar-refractivity contribution is 7.16. The Kier molecular flexibility index (Phi) is 2.26. The molecule has 0 radical (unpaired) electrons. The molecule has 4 nitrogen and oxygen atoms in total. The van der Waals surface area contributed by atoms with Crippen LogP contribution >= 0.6 is 11.3 Å². The molecule has 0 fully saturated rings. The lowest BCUT2D eigenvalue weighted by Gasteiger charge is -2.29. The van der Waals surface area contributed by atoms with E-state index in [0.717, 1.165) is 29.5 Å². The van der Waals surface area contributed by atoms with Crippen LogP contribution in [0.1, 0.15) is 30.2 Å². The molecule has 0 N–H and O–H groups in total. The van der Waals surface area contributed by atoms with Crippen molar-refractivity contribution in [1.29, 1.82) is 0 Å². The second kappa shape index (κ2) is 3.53. The third-order valence-corrected chi connectivity index (χ3v) is 4.02. The molecule has 16 heavy (non-hydrogen) atoms. The minimum atomic E-state index is 0.596. The van der Waals surface area contributed by atoms with Gasteiger partial charge in [0.05, 0.1) is 11.4 Å². The van der Waals surface area contributed by atoms with Gasteiger partial charge in [0.15, 0.2) is 0 Å². The molecule has 86 valence electrons. The lowest BCUT2D eigenvalue weighted by Crippen LogP contribution is -2.36. The molecule has 0 unspecified atom stereocenters. The molecule has 0 saturated carbocycles. The van der Waals surface area contributed by atoms with Gasteiger partial charge in [0, 0.05) is 25.6 Å². The zero-order valence-corrected chi connectivity index (χ0v) is 10.7. The summed E-state index contributed by atoms with van der Waals surface area (Å²) in [5.74, 6) is 0. The largest absolute Gasteiger partial charge is 0.295 e. The molecule has 3 heterocycles. The van der Waals surface area contributed by atoms with Crippen molar-refractivity contribution in [3.8, 4) is 0 Å². The number of fused-ring (bicyclic) bond motifs is 3. The van der Waals surface area contributed by atoms with E-state index in [0.29, 0.717) is 6.04 Å². The molecular formula is C11H16N4S. The maximum absolute atomic E-state index is 4.66. The van der Waals surface area contributed by atoms with Crippen LogP contribution < -0.4 is 0 Å². The highest BCUT2D eigenvalue weighted by atomic mass is 32.1. The molecule has 2 aromatic rings. The number of nitrogens with zero attached hydrogens (tertiary/aromatic N) is 4. The fourth-order valence-corrected chi connectivity index (χ4v) is 3.03. The monoisotopic (exact) mass is 236 g/mol. The molecule has 2 aromatic heterocycles. The Labute approximate surface area is 98.9 Å². The summed E-state index contributed by atoms with van der Waals surface area (Å²) in [5.41, 5.74) is 2.54. The normalized spacial score (nSPS) is 17.2. The van der Waals surface area contributed by atoms with Crippen molar-refractivity contribution in [3.05, 3.63) is 16.4 Å². The first kappa shape index (κ1) is 10.2. The molecule has 0 aliphatic carbocycles. The second-order valence-electron chi connectivity index (χ2n) is 4.63. The van der Waals surface area contributed by atoms with Crippen LogP contribution in [-0.4, -0.2) is 32.1 Å². The summed E-state index contributed by atoms with van der Waals surface area (Å²) in [7, 11) is 0. The third-order valence-electron chi connectivity index (χ3n) is 3.20. The van der Waals surface area contributed by atoms with Gasteiger partial charge in [0.1, 0.15) is 5.01 Å². The van der Waals surface area contributed by atoms with Crippen molar-refractivity contribution in [2.45, 2.75) is 39.8 Å². The Bertz CT molecular complexity index is 525. The van der Waals surface area contributed by atoms with Crippen LogP contribution in [0.5, 0.6) is 0 Å². The van der Waals surface area contributed by atoms with Crippen molar-refractivity contribution in [1.82, 2.24) is 19.5 Å². The predicted molar refractivity (Wildman–Crippen MR) is 64.9 cm³/mol. The zero-order valence-electron chi connectivity index (χ0n) is 9.90. The van der Waals surface area contributed by atoms with E-state index in [-0.39, 0.29) is 0 Å². The van der Waals surface area contributed by atoms with Gasteiger partial charge in [-0.3, -0.25) is 4.90 Å². The highest BCUT2D eigenvalue weighted by Gasteiger charge is 2.24. The number of imidazole rings is 1. The Morgan fingerprint density at radius 2 is 2.19 bits per heavy atom. The molecule has 0 bridgehead atoms. The Hall–Kier alpha value is -0.940. The number of hydrogen-bond acceptors (Lipinski definition) is 4. The smallest absolute Gasteiger partial charge is 0.212 e. The molecule has 0 atom stereocenters. The summed E-state index contributed by atoms with van der Waals surface area (Å²) < 4.78 is 2.03. The van der Waals surface area contributed by atoms with Crippen LogP contribution in [0.2, 0.25) is 0 Å². The van der Waals surface area contributed by atoms with Crippen LogP contribution in [0.15, 0.2) is 0 Å². The Morgan fingerprint density at radius 1 is 1.38 bits per heavy atom. The quantitative estimate of drug-likeness (QED) is 0.758. The van der Waals surface area contributed by atoms with E-state index >= 15 is 0 Å². The van der Waals surface area contributed by atoms with E-state index in [2.05, 4.69) is 28.8 Å². The number of rotatable bonds is 1. The molecule has 3 rings (SSSR count). The number of aryl methyl sites for hydroxylation is 1. The molecule has 0 saturated heterocycles. The summed E-state index contributed by atoms with van der Waals surface area (Å²) in [6.07, 6.45) is 1.06. The van der Waals surface area contributed by atoms with Crippen LogP contribution in [0, 0.1) is 6.92 Å². The lowest BCUT2D eigenvalue weighted by atomic mass is 10.1. The Morgan fingerprint density at radius 3 is 2.94 bits per heavy atom. The van der Waals surface area contributed by atoms with Crippen molar-refractivity contribution < 1.29 is 0 Å². The van der Waals surface area contributed by atoms with Crippen molar-refractivity contribution in [2.75, 3.05) is 6.54 Å². The maximum Gasteiger partial charge on any atom is 0.212 e. The summed E-state index contributed by atoms with van der Waals surface area (Å²) in [4.78, 5) is 8.19. The first-order valence-electron chi connectivity index (χ1n) is 5.73. The van der Waals surface area contributed by atoms with E-state index in [4.69, 9.17) is 0 Å². The fourth-order valence-electron chi connectivity index (χ4n) is 2.25. The van der Waals surface area contributed by atoms with Crippen molar-refractivity contribution in [2.24, 2.45) is 0 Å². The van der Waals surface area contributed by atoms with Gasteiger partial charge >= 0.3 is 0 Å². The van der Waals surface area contributed by atoms with Gasteiger partial charge in [-0.25, -0.2) is 9.50 Å². The van der Waals surface area contributed by atoms with Crippen molar-refractivity contribution in [3.63, 3.8) is 0 Å². The van der Waals surface area contributed by atoms with E-state index in [9.17, 15) is 0 Å². The van der Waals surface area contributed by atoms with Gasteiger partial charge in [0.25, 0.3) is 0 Å². The fraction of sp³-hybridized carbons (Fsp3) is 0.636. The first-order chi connectivity index (χ1) is 7.65. The lowest BCUT2D eigenvalue weighted by molar-refractivity contribution is 0.198. The minimum Gasteiger partial charge on any atom is -0.295 e. The van der Waals surface area contributed by atoms with Gasteiger partial charge in [0.2, 0.25) is 4.96 Å². The van der Waals surface area contributed by atoms with E-state index in [1.807, 2.05) is 11.4 Å². The van der Waals surface area contributed by atoms with Gasteiger partial charge < -0.3 is 0 Å². The Balaban J connectivity index is 2.06. The summed E-state index contributed by atoms with van der Waals surface area (Å²) >= 11 is 1.68. The second-order valence-corrected chi connectivity index (χ2v) is 5.79.